The van der Waals surface area contributed by atoms with Crippen molar-refractivity contribution in [2.75, 3.05) is 18.4 Å². The van der Waals surface area contributed by atoms with E-state index in [1.54, 1.807) is 23.1 Å². The van der Waals surface area contributed by atoms with Crippen LogP contribution in [0.15, 0.2) is 48.7 Å². The SMILES string of the molecule is NC(Cc1c[nH]c2ccccc12)C(=O)N1CCC(NC(=O)c2ccc3c(c2)CC(=O)N3)CC1. The van der Waals surface area contributed by atoms with E-state index in [9.17, 15) is 14.4 Å². The van der Waals surface area contributed by atoms with Gasteiger partial charge >= 0.3 is 0 Å². The Hall–Kier alpha value is -3.65. The molecule has 0 bridgehead atoms. The van der Waals surface area contributed by atoms with E-state index >= 15 is 0 Å². The quantitative estimate of drug-likeness (QED) is 0.480. The number of piperidine rings is 1. The topological polar surface area (TPSA) is 120 Å². The molecule has 8 nitrogen and oxygen atoms in total. The molecule has 0 radical (unpaired) electrons. The Labute approximate surface area is 191 Å². The van der Waals surface area contributed by atoms with Gasteiger partial charge in [0.2, 0.25) is 11.8 Å². The molecule has 5 rings (SSSR count). The van der Waals surface area contributed by atoms with E-state index in [2.05, 4.69) is 15.6 Å². The van der Waals surface area contributed by atoms with Gasteiger partial charge in [0.1, 0.15) is 0 Å². The molecule has 3 amide bonds. The number of likely N-dealkylation sites (tertiary alicyclic amines) is 1. The van der Waals surface area contributed by atoms with E-state index in [4.69, 9.17) is 5.73 Å². The van der Waals surface area contributed by atoms with Gasteiger partial charge in [-0.3, -0.25) is 14.4 Å². The first kappa shape index (κ1) is 21.2. The van der Waals surface area contributed by atoms with Crippen LogP contribution in [0.25, 0.3) is 10.9 Å². The molecule has 1 aromatic heterocycles. The minimum Gasteiger partial charge on any atom is -0.361 e. The Kier molecular flexibility index (Phi) is 5.60. The molecule has 2 aromatic carbocycles. The van der Waals surface area contributed by atoms with Crippen LogP contribution >= 0.6 is 0 Å². The van der Waals surface area contributed by atoms with Gasteiger partial charge < -0.3 is 26.3 Å². The number of benzene rings is 2. The largest absolute Gasteiger partial charge is 0.361 e. The molecule has 1 atom stereocenters. The summed E-state index contributed by atoms with van der Waals surface area (Å²) in [7, 11) is 0. The Morgan fingerprint density at radius 1 is 1.15 bits per heavy atom. The van der Waals surface area contributed by atoms with E-state index in [1.165, 1.54) is 0 Å². The maximum absolute atomic E-state index is 12.9. The zero-order valence-electron chi connectivity index (χ0n) is 18.3. The summed E-state index contributed by atoms with van der Waals surface area (Å²) in [5, 5.41) is 6.93. The number of rotatable bonds is 5. The molecule has 0 aliphatic carbocycles. The first-order chi connectivity index (χ1) is 16.0. The second kappa shape index (κ2) is 8.71. The number of aromatic nitrogens is 1. The van der Waals surface area contributed by atoms with Crippen molar-refractivity contribution in [3.8, 4) is 0 Å². The van der Waals surface area contributed by atoms with Crippen molar-refractivity contribution in [1.82, 2.24) is 15.2 Å². The molecule has 170 valence electrons. The Morgan fingerprint density at radius 3 is 2.76 bits per heavy atom. The highest BCUT2D eigenvalue weighted by atomic mass is 16.2. The maximum Gasteiger partial charge on any atom is 0.251 e. The average molecular weight is 446 g/mol. The zero-order valence-corrected chi connectivity index (χ0v) is 18.3. The van der Waals surface area contributed by atoms with E-state index in [1.807, 2.05) is 30.5 Å². The first-order valence-electron chi connectivity index (χ1n) is 11.3. The number of amides is 3. The van der Waals surface area contributed by atoms with Crippen LogP contribution < -0.4 is 16.4 Å². The maximum atomic E-state index is 12.9. The highest BCUT2D eigenvalue weighted by Gasteiger charge is 2.28. The van der Waals surface area contributed by atoms with Crippen molar-refractivity contribution in [3.05, 3.63) is 65.4 Å². The minimum atomic E-state index is -0.599. The number of anilines is 1. The number of carbonyl (C=O) groups excluding carboxylic acids is 3. The molecule has 1 saturated heterocycles. The Bertz CT molecular complexity index is 1230. The monoisotopic (exact) mass is 445 g/mol. The number of hydrogen-bond donors (Lipinski definition) is 4. The smallest absolute Gasteiger partial charge is 0.251 e. The molecule has 3 aromatic rings. The van der Waals surface area contributed by atoms with Crippen molar-refractivity contribution in [3.63, 3.8) is 0 Å². The molecule has 3 heterocycles. The highest BCUT2D eigenvalue weighted by molar-refractivity contribution is 6.01. The van der Waals surface area contributed by atoms with Crippen LogP contribution in [0.5, 0.6) is 0 Å². The van der Waals surface area contributed by atoms with Crippen LogP contribution in [0, 0.1) is 0 Å². The first-order valence-corrected chi connectivity index (χ1v) is 11.3. The van der Waals surface area contributed by atoms with E-state index in [0.717, 1.165) is 27.7 Å². The molecule has 0 spiro atoms. The van der Waals surface area contributed by atoms with Gasteiger partial charge in [0, 0.05) is 47.5 Å². The van der Waals surface area contributed by atoms with Crippen molar-refractivity contribution in [1.29, 1.82) is 0 Å². The lowest BCUT2D eigenvalue weighted by Gasteiger charge is -2.34. The molecule has 5 N–H and O–H groups in total. The van der Waals surface area contributed by atoms with E-state index in [-0.39, 0.29) is 23.8 Å². The van der Waals surface area contributed by atoms with Gasteiger partial charge in [0.05, 0.1) is 12.5 Å². The fraction of sp³-hybridized carbons (Fsp3) is 0.320. The van der Waals surface area contributed by atoms with Gasteiger partial charge in [-0.1, -0.05) is 18.2 Å². The second-order valence-electron chi connectivity index (χ2n) is 8.84. The van der Waals surface area contributed by atoms with Crippen molar-refractivity contribution < 1.29 is 14.4 Å². The standard InChI is InChI=1S/C25H27N5O3/c26-20(12-17-14-27-22-4-2-1-3-19(17)22)25(33)30-9-7-18(8-10-30)28-24(32)15-5-6-21-16(11-15)13-23(31)29-21/h1-6,11,14,18,20,27H,7-10,12-13,26H2,(H,28,32)(H,29,31). The summed E-state index contributed by atoms with van der Waals surface area (Å²) in [6.07, 6.45) is 4.07. The number of nitrogens with zero attached hydrogens (tertiary/aromatic N) is 1. The third-order valence-corrected chi connectivity index (χ3v) is 6.57. The number of carbonyl (C=O) groups is 3. The minimum absolute atomic E-state index is 0.000552. The van der Waals surface area contributed by atoms with Crippen molar-refractivity contribution in [2.45, 2.75) is 37.8 Å². The summed E-state index contributed by atoms with van der Waals surface area (Å²) in [4.78, 5) is 42.1. The number of nitrogens with one attached hydrogen (secondary N) is 3. The van der Waals surface area contributed by atoms with E-state index in [0.29, 0.717) is 44.3 Å². The lowest BCUT2D eigenvalue weighted by Crippen LogP contribution is -2.51. The molecule has 2 aliphatic heterocycles. The van der Waals surface area contributed by atoms with Crippen LogP contribution in [-0.4, -0.2) is 52.8 Å². The molecule has 8 heteroatoms. The lowest BCUT2D eigenvalue weighted by atomic mass is 10.0. The highest BCUT2D eigenvalue weighted by Crippen LogP contribution is 2.24. The zero-order chi connectivity index (χ0) is 22.9. The lowest BCUT2D eigenvalue weighted by molar-refractivity contribution is -0.133. The van der Waals surface area contributed by atoms with Gasteiger partial charge in [-0.2, -0.15) is 0 Å². The Balaban J connectivity index is 1.14. The molecular formula is C25H27N5O3. The second-order valence-corrected chi connectivity index (χ2v) is 8.84. The summed E-state index contributed by atoms with van der Waals surface area (Å²) in [5.74, 6) is -0.263. The number of H-pyrrole nitrogens is 1. The van der Waals surface area contributed by atoms with Crippen LogP contribution in [0.1, 0.15) is 34.3 Å². The molecule has 33 heavy (non-hydrogen) atoms. The number of fused-ring (bicyclic) bond motifs is 2. The van der Waals surface area contributed by atoms with Gasteiger partial charge in [0.15, 0.2) is 0 Å². The molecule has 0 saturated carbocycles. The predicted molar refractivity (Wildman–Crippen MR) is 126 cm³/mol. The summed E-state index contributed by atoms with van der Waals surface area (Å²) in [6.45, 7) is 1.13. The predicted octanol–water partition coefficient (Wildman–Crippen LogP) is 1.95. The van der Waals surface area contributed by atoms with Gasteiger partial charge in [-0.15, -0.1) is 0 Å². The average Bonchev–Trinajstić information content (AvgIpc) is 3.41. The van der Waals surface area contributed by atoms with Crippen molar-refractivity contribution >= 4 is 34.3 Å². The number of aromatic amines is 1. The summed E-state index contributed by atoms with van der Waals surface area (Å²) < 4.78 is 0. The van der Waals surface area contributed by atoms with Gasteiger partial charge in [0.25, 0.3) is 5.91 Å². The van der Waals surface area contributed by atoms with Gasteiger partial charge in [-0.05, 0) is 54.7 Å². The molecular weight excluding hydrogens is 418 g/mol. The van der Waals surface area contributed by atoms with Gasteiger partial charge in [-0.25, -0.2) is 0 Å². The third kappa shape index (κ3) is 4.34. The number of nitrogens with two attached hydrogens (primary N) is 1. The third-order valence-electron chi connectivity index (χ3n) is 6.57. The van der Waals surface area contributed by atoms with Crippen LogP contribution in [-0.2, 0) is 22.4 Å². The summed E-state index contributed by atoms with van der Waals surface area (Å²) in [6, 6.07) is 12.6. The van der Waals surface area contributed by atoms with Crippen LogP contribution in [0.4, 0.5) is 5.69 Å². The summed E-state index contributed by atoms with van der Waals surface area (Å²) >= 11 is 0. The summed E-state index contributed by atoms with van der Waals surface area (Å²) in [5.41, 5.74) is 10.5. The normalized spacial score (nSPS) is 17.0. The van der Waals surface area contributed by atoms with E-state index < -0.39 is 6.04 Å². The van der Waals surface area contributed by atoms with Crippen molar-refractivity contribution in [2.24, 2.45) is 5.73 Å². The number of para-hydroxylation sites is 1. The fourth-order valence-corrected chi connectivity index (χ4v) is 4.74. The molecule has 2 aliphatic rings. The number of hydrogen-bond acceptors (Lipinski definition) is 4. The fourth-order valence-electron chi connectivity index (χ4n) is 4.74. The Morgan fingerprint density at radius 2 is 1.94 bits per heavy atom. The van der Waals surface area contributed by atoms with Crippen LogP contribution in [0.2, 0.25) is 0 Å². The molecule has 1 unspecified atom stereocenters. The molecule has 1 fully saturated rings. The van der Waals surface area contributed by atoms with Crippen LogP contribution in [0.3, 0.4) is 0 Å².